The molecular weight excluding hydrogens is 311 g/mol. The minimum atomic E-state index is -0.710. The number of nitrogens with zero attached hydrogens (tertiary/aromatic N) is 2. The van der Waals surface area contributed by atoms with Gasteiger partial charge in [0.15, 0.2) is 0 Å². The van der Waals surface area contributed by atoms with Crippen LogP contribution in [0, 0.1) is 5.82 Å². The molecule has 24 heavy (non-hydrogen) atoms. The molecule has 1 amide bonds. The van der Waals surface area contributed by atoms with Crippen molar-refractivity contribution in [1.29, 1.82) is 0 Å². The van der Waals surface area contributed by atoms with Crippen LogP contribution in [0.25, 0.3) is 0 Å². The Bertz CT molecular complexity index is 557. The Morgan fingerprint density at radius 3 is 2.38 bits per heavy atom. The van der Waals surface area contributed by atoms with Gasteiger partial charge < -0.3 is 14.5 Å². The van der Waals surface area contributed by atoms with Crippen molar-refractivity contribution in [2.24, 2.45) is 0 Å². The van der Waals surface area contributed by atoms with Gasteiger partial charge in [-0.25, -0.2) is 4.39 Å². The molecule has 0 saturated carbocycles. The molecule has 2 rings (SSSR count). The van der Waals surface area contributed by atoms with Gasteiger partial charge in [-0.1, -0.05) is 6.07 Å². The number of piperazine rings is 1. The Morgan fingerprint density at radius 2 is 1.88 bits per heavy atom. The molecule has 132 valence electrons. The molecule has 0 spiro atoms. The highest BCUT2D eigenvalue weighted by Crippen LogP contribution is 2.18. The van der Waals surface area contributed by atoms with E-state index >= 15 is 0 Å². The third-order valence-corrected chi connectivity index (χ3v) is 3.80. The summed E-state index contributed by atoms with van der Waals surface area (Å²) in [6, 6.07) is 6.43. The van der Waals surface area contributed by atoms with Crippen LogP contribution in [0.3, 0.4) is 0 Å². The Hall–Kier alpha value is -2.21. The number of Topliss-reactive ketones (excluding diaryl/α,β-unsaturated/α-hetero) is 1. The van der Waals surface area contributed by atoms with Crippen LogP contribution < -0.4 is 4.90 Å². The molecule has 0 bridgehead atoms. The lowest BCUT2D eigenvalue weighted by molar-refractivity contribution is -0.144. The van der Waals surface area contributed by atoms with Crippen molar-refractivity contribution in [1.82, 2.24) is 4.90 Å². The third kappa shape index (κ3) is 5.45. The summed E-state index contributed by atoms with van der Waals surface area (Å²) in [6.45, 7) is 9.78. The number of hydrogen-bond acceptors (Lipinski definition) is 4. The molecule has 1 aliphatic heterocycles. The molecule has 1 heterocycles. The highest BCUT2D eigenvalue weighted by atomic mass is 19.1. The second-order valence-electron chi connectivity index (χ2n) is 5.42. The van der Waals surface area contributed by atoms with Gasteiger partial charge in [-0.05, 0) is 25.1 Å². The van der Waals surface area contributed by atoms with Crippen molar-refractivity contribution in [2.45, 2.75) is 19.4 Å². The third-order valence-electron chi connectivity index (χ3n) is 3.80. The first kappa shape index (κ1) is 19.8. The number of ether oxygens (including phenoxy) is 1. The van der Waals surface area contributed by atoms with E-state index in [1.807, 2.05) is 11.0 Å². The summed E-state index contributed by atoms with van der Waals surface area (Å²) < 4.78 is 18.4. The van der Waals surface area contributed by atoms with Crippen molar-refractivity contribution in [2.75, 3.05) is 38.2 Å². The molecule has 1 aromatic rings. The van der Waals surface area contributed by atoms with Gasteiger partial charge in [0.2, 0.25) is 0 Å². The number of hydrogen-bond donors (Lipinski definition) is 0. The monoisotopic (exact) mass is 336 g/mol. The van der Waals surface area contributed by atoms with E-state index in [0.717, 1.165) is 5.69 Å². The smallest absolute Gasteiger partial charge is 0.252 e. The van der Waals surface area contributed by atoms with Crippen LogP contribution in [0.2, 0.25) is 0 Å². The summed E-state index contributed by atoms with van der Waals surface area (Å²) in [5.74, 6) is -0.493. The summed E-state index contributed by atoms with van der Waals surface area (Å²) in [6.07, 6.45) is -0.613. The molecule has 1 aliphatic rings. The summed E-state index contributed by atoms with van der Waals surface area (Å²) >= 11 is 0. The number of amides is 1. The summed E-state index contributed by atoms with van der Waals surface area (Å²) in [4.78, 5) is 27.2. The number of anilines is 1. The number of methoxy groups -OCH3 is 1. The standard InChI is InChI=1S/C16H21FN2O3.C2H4/c1-12(20)10-15(22-2)16(21)19-8-6-18(7-9-19)14-5-3-4-13(17)11-14;1-2/h3-5,11,15H,6-10H2,1-2H3;1-2H2. The van der Waals surface area contributed by atoms with Gasteiger partial charge >= 0.3 is 0 Å². The van der Waals surface area contributed by atoms with E-state index in [9.17, 15) is 14.0 Å². The Labute approximate surface area is 142 Å². The maximum absolute atomic E-state index is 13.3. The second-order valence-corrected chi connectivity index (χ2v) is 5.42. The van der Waals surface area contributed by atoms with Gasteiger partial charge in [-0.3, -0.25) is 9.59 Å². The van der Waals surface area contributed by atoms with Crippen molar-refractivity contribution in [3.05, 3.63) is 43.2 Å². The Morgan fingerprint density at radius 1 is 1.25 bits per heavy atom. The molecule has 1 saturated heterocycles. The van der Waals surface area contributed by atoms with Gasteiger partial charge in [0.1, 0.15) is 17.7 Å². The second kappa shape index (κ2) is 9.82. The van der Waals surface area contributed by atoms with E-state index < -0.39 is 6.10 Å². The van der Waals surface area contributed by atoms with Crippen LogP contribution in [0.15, 0.2) is 37.4 Å². The van der Waals surface area contributed by atoms with Crippen molar-refractivity contribution in [3.63, 3.8) is 0 Å². The maximum Gasteiger partial charge on any atom is 0.252 e. The molecule has 1 unspecified atom stereocenters. The van der Waals surface area contributed by atoms with E-state index in [4.69, 9.17) is 4.74 Å². The zero-order chi connectivity index (χ0) is 18.1. The summed E-state index contributed by atoms with van der Waals surface area (Å²) in [7, 11) is 1.44. The molecule has 1 aromatic carbocycles. The van der Waals surface area contributed by atoms with Crippen LogP contribution >= 0.6 is 0 Å². The first-order valence-corrected chi connectivity index (χ1v) is 7.83. The van der Waals surface area contributed by atoms with Crippen LogP contribution in [0.5, 0.6) is 0 Å². The maximum atomic E-state index is 13.3. The highest BCUT2D eigenvalue weighted by Gasteiger charge is 2.28. The summed E-state index contributed by atoms with van der Waals surface area (Å²) in [5, 5.41) is 0. The minimum Gasteiger partial charge on any atom is -0.371 e. The molecule has 0 radical (unpaired) electrons. The fraction of sp³-hybridized carbons (Fsp3) is 0.444. The van der Waals surface area contributed by atoms with Crippen molar-refractivity contribution >= 4 is 17.4 Å². The van der Waals surface area contributed by atoms with Gasteiger partial charge in [0.25, 0.3) is 5.91 Å². The van der Waals surface area contributed by atoms with Gasteiger partial charge in [0.05, 0.1) is 0 Å². The number of benzene rings is 1. The largest absolute Gasteiger partial charge is 0.371 e. The molecule has 1 atom stereocenters. The van der Waals surface area contributed by atoms with Gasteiger partial charge in [-0.15, -0.1) is 13.2 Å². The number of carbonyl (C=O) groups is 2. The quantitative estimate of drug-likeness (QED) is 0.774. The Balaban J connectivity index is 0.00000139. The van der Waals surface area contributed by atoms with Crippen LogP contribution in [-0.2, 0) is 14.3 Å². The first-order chi connectivity index (χ1) is 11.5. The predicted octanol–water partition coefficient (Wildman–Crippen LogP) is 2.27. The van der Waals surface area contributed by atoms with Crippen LogP contribution in [0.4, 0.5) is 10.1 Å². The predicted molar refractivity (Wildman–Crippen MR) is 92.5 cm³/mol. The lowest BCUT2D eigenvalue weighted by Crippen LogP contribution is -2.52. The topological polar surface area (TPSA) is 49.9 Å². The van der Waals surface area contributed by atoms with E-state index in [-0.39, 0.29) is 23.9 Å². The van der Waals surface area contributed by atoms with Gasteiger partial charge in [-0.2, -0.15) is 0 Å². The molecule has 5 nitrogen and oxygen atoms in total. The average molecular weight is 336 g/mol. The van der Waals surface area contributed by atoms with Crippen molar-refractivity contribution < 1.29 is 18.7 Å². The van der Waals surface area contributed by atoms with Crippen LogP contribution in [0.1, 0.15) is 13.3 Å². The van der Waals surface area contributed by atoms with Crippen LogP contribution in [-0.4, -0.2) is 56.0 Å². The molecule has 6 heteroatoms. The molecule has 1 fully saturated rings. The highest BCUT2D eigenvalue weighted by molar-refractivity contribution is 5.87. The number of halogens is 1. The SMILES string of the molecule is C=C.COC(CC(C)=O)C(=O)N1CCN(c2cccc(F)c2)CC1. The van der Waals surface area contributed by atoms with Crippen molar-refractivity contribution in [3.8, 4) is 0 Å². The zero-order valence-corrected chi connectivity index (χ0v) is 14.3. The van der Waals surface area contributed by atoms with E-state index in [2.05, 4.69) is 13.2 Å². The van der Waals surface area contributed by atoms with E-state index in [0.29, 0.717) is 26.2 Å². The molecule has 0 aromatic heterocycles. The number of carbonyl (C=O) groups excluding carboxylic acids is 2. The number of rotatable bonds is 5. The molecule has 0 aliphatic carbocycles. The number of ketones is 1. The fourth-order valence-electron chi connectivity index (χ4n) is 2.59. The molecular formula is C18H25FN2O3. The Kier molecular flexibility index (Phi) is 8.12. The van der Waals surface area contributed by atoms with E-state index in [1.54, 1.807) is 11.0 Å². The first-order valence-electron chi connectivity index (χ1n) is 7.83. The summed E-state index contributed by atoms with van der Waals surface area (Å²) in [5.41, 5.74) is 0.819. The molecule has 0 N–H and O–H groups in total. The lowest BCUT2D eigenvalue weighted by atomic mass is 10.1. The van der Waals surface area contributed by atoms with Gasteiger partial charge in [0, 0.05) is 45.4 Å². The van der Waals surface area contributed by atoms with E-state index in [1.165, 1.54) is 26.2 Å². The minimum absolute atomic E-state index is 0.0707. The average Bonchev–Trinajstić information content (AvgIpc) is 2.61. The normalized spacial score (nSPS) is 15.3. The lowest BCUT2D eigenvalue weighted by Gasteiger charge is -2.37. The fourth-order valence-corrected chi connectivity index (χ4v) is 2.59. The zero-order valence-electron chi connectivity index (χ0n) is 14.3.